The molecule has 0 aromatic carbocycles. The molecule has 0 aliphatic heterocycles. The highest BCUT2D eigenvalue weighted by atomic mass is 32.1. The third-order valence-electron chi connectivity index (χ3n) is 1.83. The number of thiazole rings is 1. The van der Waals surface area contributed by atoms with Crippen LogP contribution in [0.3, 0.4) is 0 Å². The lowest BCUT2D eigenvalue weighted by atomic mass is 10.2. The average molecular weight is 257 g/mol. The Labute approximate surface area is 103 Å². The maximum atomic E-state index is 11.3. The second-order valence-corrected chi connectivity index (χ2v) is 4.75. The molecule has 1 aromatic rings. The minimum Gasteiger partial charge on any atom is -0.476 e. The van der Waals surface area contributed by atoms with E-state index in [1.165, 1.54) is 5.38 Å². The summed E-state index contributed by atoms with van der Waals surface area (Å²) < 4.78 is 0. The number of nitrogens with zero attached hydrogens (tertiary/aromatic N) is 1. The Morgan fingerprint density at radius 3 is 2.76 bits per heavy atom. The summed E-state index contributed by atoms with van der Waals surface area (Å²) in [5.74, 6) is -0.804. The summed E-state index contributed by atoms with van der Waals surface area (Å²) >= 11 is 1.16. The summed E-state index contributed by atoms with van der Waals surface area (Å²) in [7, 11) is 0. The minimum absolute atomic E-state index is 0.0138. The zero-order chi connectivity index (χ0) is 12.8. The maximum absolute atomic E-state index is 11.3. The Morgan fingerprint density at radius 2 is 2.24 bits per heavy atom. The van der Waals surface area contributed by atoms with Gasteiger partial charge in [0.25, 0.3) is 0 Å². The van der Waals surface area contributed by atoms with Gasteiger partial charge in [-0.05, 0) is 5.92 Å². The summed E-state index contributed by atoms with van der Waals surface area (Å²) in [5, 5.41) is 16.0. The summed E-state index contributed by atoms with van der Waals surface area (Å²) in [5.41, 5.74) is -0.0138. The van der Waals surface area contributed by atoms with Crippen molar-refractivity contribution < 1.29 is 14.7 Å². The average Bonchev–Trinajstić information content (AvgIpc) is 2.72. The molecule has 0 aliphatic carbocycles. The first kappa shape index (κ1) is 13.4. The second-order valence-electron chi connectivity index (χ2n) is 3.89. The van der Waals surface area contributed by atoms with Crippen LogP contribution in [-0.4, -0.2) is 35.1 Å². The van der Waals surface area contributed by atoms with Crippen LogP contribution in [0, 0.1) is 5.92 Å². The first-order chi connectivity index (χ1) is 7.99. The van der Waals surface area contributed by atoms with Gasteiger partial charge in [-0.1, -0.05) is 13.8 Å². The van der Waals surface area contributed by atoms with E-state index in [-0.39, 0.29) is 18.1 Å². The molecular weight excluding hydrogens is 242 g/mol. The van der Waals surface area contributed by atoms with Crippen LogP contribution in [0.15, 0.2) is 5.38 Å². The van der Waals surface area contributed by atoms with Gasteiger partial charge in [0.1, 0.15) is 0 Å². The first-order valence-electron chi connectivity index (χ1n) is 5.18. The van der Waals surface area contributed by atoms with E-state index < -0.39 is 5.97 Å². The van der Waals surface area contributed by atoms with Crippen LogP contribution in [0.25, 0.3) is 0 Å². The van der Waals surface area contributed by atoms with Gasteiger partial charge in [0.15, 0.2) is 10.8 Å². The number of carboxylic acid groups (broad SMARTS) is 1. The molecule has 0 bridgehead atoms. The number of nitrogens with one attached hydrogen (secondary N) is 2. The maximum Gasteiger partial charge on any atom is 0.355 e. The van der Waals surface area contributed by atoms with Gasteiger partial charge >= 0.3 is 5.97 Å². The molecular formula is C10H15N3O3S. The van der Waals surface area contributed by atoms with Gasteiger partial charge in [-0.2, -0.15) is 0 Å². The number of amides is 1. The van der Waals surface area contributed by atoms with Crippen LogP contribution in [0.2, 0.25) is 0 Å². The van der Waals surface area contributed by atoms with Crippen LogP contribution >= 0.6 is 11.3 Å². The zero-order valence-corrected chi connectivity index (χ0v) is 10.5. The Balaban J connectivity index is 2.34. The Hall–Kier alpha value is -1.63. The summed E-state index contributed by atoms with van der Waals surface area (Å²) in [6.45, 7) is 4.74. The number of aromatic nitrogens is 1. The standard InChI is InChI=1S/C10H15N3O3S/c1-6(2)3-11-8(14)4-12-10-13-7(5-17-10)9(15)16/h5-6H,3-4H2,1-2H3,(H,11,14)(H,12,13)(H,15,16). The zero-order valence-electron chi connectivity index (χ0n) is 9.69. The molecule has 7 heteroatoms. The first-order valence-corrected chi connectivity index (χ1v) is 6.06. The molecule has 1 heterocycles. The van der Waals surface area contributed by atoms with E-state index in [1.54, 1.807) is 0 Å². The molecule has 6 nitrogen and oxygen atoms in total. The fourth-order valence-electron chi connectivity index (χ4n) is 0.990. The van der Waals surface area contributed by atoms with Gasteiger partial charge in [0.2, 0.25) is 5.91 Å². The summed E-state index contributed by atoms with van der Waals surface area (Å²) in [6, 6.07) is 0. The van der Waals surface area contributed by atoms with E-state index in [4.69, 9.17) is 5.11 Å². The van der Waals surface area contributed by atoms with Gasteiger partial charge in [-0.15, -0.1) is 11.3 Å². The number of aromatic carboxylic acids is 1. The normalized spacial score (nSPS) is 10.3. The molecule has 1 amide bonds. The van der Waals surface area contributed by atoms with Crippen molar-refractivity contribution >= 4 is 28.3 Å². The molecule has 0 saturated carbocycles. The third kappa shape index (κ3) is 4.81. The Bertz CT molecular complexity index is 403. The molecule has 0 fully saturated rings. The predicted molar refractivity (Wildman–Crippen MR) is 65.4 cm³/mol. The van der Waals surface area contributed by atoms with Crippen molar-refractivity contribution in [2.45, 2.75) is 13.8 Å². The fraction of sp³-hybridized carbons (Fsp3) is 0.500. The van der Waals surface area contributed by atoms with Crippen LogP contribution < -0.4 is 10.6 Å². The number of anilines is 1. The molecule has 0 unspecified atom stereocenters. The van der Waals surface area contributed by atoms with Crippen LogP contribution in [-0.2, 0) is 4.79 Å². The lowest BCUT2D eigenvalue weighted by Crippen LogP contribution is -2.32. The topological polar surface area (TPSA) is 91.3 Å². The molecule has 0 saturated heterocycles. The molecule has 1 aromatic heterocycles. The molecule has 0 aliphatic rings. The Morgan fingerprint density at radius 1 is 1.53 bits per heavy atom. The smallest absolute Gasteiger partial charge is 0.355 e. The van der Waals surface area contributed by atoms with Crippen molar-refractivity contribution in [3.05, 3.63) is 11.1 Å². The number of rotatable bonds is 6. The van der Waals surface area contributed by atoms with E-state index in [2.05, 4.69) is 15.6 Å². The highest BCUT2D eigenvalue weighted by molar-refractivity contribution is 7.13. The SMILES string of the molecule is CC(C)CNC(=O)CNc1nc(C(=O)O)cs1. The molecule has 3 N–H and O–H groups in total. The molecule has 0 spiro atoms. The van der Waals surface area contributed by atoms with Gasteiger partial charge in [-0.25, -0.2) is 9.78 Å². The van der Waals surface area contributed by atoms with Crippen molar-refractivity contribution in [3.8, 4) is 0 Å². The molecule has 94 valence electrons. The van der Waals surface area contributed by atoms with E-state index >= 15 is 0 Å². The molecule has 1 rings (SSSR count). The van der Waals surface area contributed by atoms with Gasteiger partial charge in [0, 0.05) is 11.9 Å². The number of hydrogen-bond donors (Lipinski definition) is 3. The molecule has 0 radical (unpaired) electrons. The third-order valence-corrected chi connectivity index (χ3v) is 2.63. The predicted octanol–water partition coefficient (Wildman–Crippen LogP) is 1.03. The largest absolute Gasteiger partial charge is 0.476 e. The van der Waals surface area contributed by atoms with E-state index in [0.29, 0.717) is 17.6 Å². The lowest BCUT2D eigenvalue weighted by Gasteiger charge is -2.07. The summed E-state index contributed by atoms with van der Waals surface area (Å²) in [6.07, 6.45) is 0. The van der Waals surface area contributed by atoms with Crippen LogP contribution in [0.1, 0.15) is 24.3 Å². The van der Waals surface area contributed by atoms with Crippen molar-refractivity contribution in [2.75, 3.05) is 18.4 Å². The van der Waals surface area contributed by atoms with E-state index in [1.807, 2.05) is 13.8 Å². The number of carbonyl (C=O) groups is 2. The lowest BCUT2D eigenvalue weighted by molar-refractivity contribution is -0.119. The van der Waals surface area contributed by atoms with Crippen molar-refractivity contribution in [2.24, 2.45) is 5.92 Å². The van der Waals surface area contributed by atoms with Gasteiger partial charge in [-0.3, -0.25) is 4.79 Å². The second kappa shape index (κ2) is 6.19. The molecule has 17 heavy (non-hydrogen) atoms. The minimum atomic E-state index is -1.07. The van der Waals surface area contributed by atoms with Crippen LogP contribution in [0.5, 0.6) is 0 Å². The Kier molecular flexibility index (Phi) is 4.89. The highest BCUT2D eigenvalue weighted by Gasteiger charge is 2.09. The highest BCUT2D eigenvalue weighted by Crippen LogP contribution is 2.14. The number of hydrogen-bond acceptors (Lipinski definition) is 5. The van der Waals surface area contributed by atoms with Crippen molar-refractivity contribution in [3.63, 3.8) is 0 Å². The van der Waals surface area contributed by atoms with E-state index in [0.717, 1.165) is 11.3 Å². The van der Waals surface area contributed by atoms with Crippen molar-refractivity contribution in [1.82, 2.24) is 10.3 Å². The van der Waals surface area contributed by atoms with Crippen LogP contribution in [0.4, 0.5) is 5.13 Å². The number of carbonyl (C=O) groups excluding carboxylic acids is 1. The summed E-state index contributed by atoms with van der Waals surface area (Å²) in [4.78, 5) is 25.7. The quantitative estimate of drug-likeness (QED) is 0.708. The monoisotopic (exact) mass is 257 g/mol. The van der Waals surface area contributed by atoms with Crippen molar-refractivity contribution in [1.29, 1.82) is 0 Å². The number of carboxylic acids is 1. The van der Waals surface area contributed by atoms with Gasteiger partial charge < -0.3 is 15.7 Å². The fourth-order valence-corrected chi connectivity index (χ4v) is 1.67. The van der Waals surface area contributed by atoms with Gasteiger partial charge in [0.05, 0.1) is 6.54 Å². The van der Waals surface area contributed by atoms with E-state index in [9.17, 15) is 9.59 Å². The molecule has 0 atom stereocenters.